The minimum absolute atomic E-state index is 0.0246. The minimum atomic E-state index is -0.947. The van der Waals surface area contributed by atoms with Gasteiger partial charge in [-0.25, -0.2) is 4.98 Å². The number of ether oxygens (including phenoxy) is 3. The number of hydrogen-bond donors (Lipinski definition) is 3. The Balaban J connectivity index is 1.30. The number of amides is 1. The number of thioether (sulfide) groups is 1. The molecule has 1 aromatic heterocycles. The largest absolute Gasteiger partial charge is 0.497 e. The van der Waals surface area contributed by atoms with Crippen molar-refractivity contribution in [1.82, 2.24) is 20.2 Å². The zero-order valence-electron chi connectivity index (χ0n) is 26.3. The molecular weight excluding hydrogens is 602 g/mol. The highest BCUT2D eigenvalue weighted by Gasteiger charge is 2.42. The van der Waals surface area contributed by atoms with Gasteiger partial charge in [0.25, 0.3) is 0 Å². The molecule has 0 aliphatic carbocycles. The Morgan fingerprint density at radius 2 is 1.61 bits per heavy atom. The first-order valence-electron chi connectivity index (χ1n) is 15.3. The molecule has 3 atom stereocenters. The van der Waals surface area contributed by atoms with Crippen LogP contribution < -0.4 is 20.1 Å². The Labute approximate surface area is 273 Å². The lowest BCUT2D eigenvalue weighted by Gasteiger charge is -2.37. The molecule has 6 rings (SSSR count). The third-order valence-electron chi connectivity index (χ3n) is 8.35. The molecule has 2 aliphatic rings. The molecule has 0 bridgehead atoms. The average Bonchev–Trinajstić information content (AvgIpc) is 3.68. The summed E-state index contributed by atoms with van der Waals surface area (Å²) in [7, 11) is 3.31. The van der Waals surface area contributed by atoms with Crippen molar-refractivity contribution in [2.45, 2.75) is 49.1 Å². The van der Waals surface area contributed by atoms with Crippen LogP contribution in [0, 0.1) is 5.92 Å². The van der Waals surface area contributed by atoms with E-state index in [2.05, 4.69) is 32.7 Å². The summed E-state index contributed by atoms with van der Waals surface area (Å²) in [5, 5.41) is 16.9. The molecule has 46 heavy (non-hydrogen) atoms. The Bertz CT molecular complexity index is 1630. The Hall–Kier alpha value is -4.32. The number of methoxy groups -OCH3 is 2. The molecule has 0 unspecified atom stereocenters. The van der Waals surface area contributed by atoms with Gasteiger partial charge in [0.15, 0.2) is 5.82 Å². The maximum absolute atomic E-state index is 12.3. The van der Waals surface area contributed by atoms with Crippen LogP contribution >= 0.6 is 11.8 Å². The highest BCUT2D eigenvalue weighted by atomic mass is 32.2. The molecule has 240 valence electrons. The van der Waals surface area contributed by atoms with Crippen molar-refractivity contribution in [3.63, 3.8) is 0 Å². The Morgan fingerprint density at radius 1 is 1.00 bits per heavy atom. The fourth-order valence-electron chi connectivity index (χ4n) is 5.85. The number of aliphatic imine (C=N–C) groups is 1. The van der Waals surface area contributed by atoms with Crippen LogP contribution in [0.4, 0.5) is 5.82 Å². The van der Waals surface area contributed by atoms with Gasteiger partial charge in [-0.05, 0) is 47.4 Å². The molecule has 0 radical (unpaired) electrons. The fourth-order valence-corrected chi connectivity index (χ4v) is 7.28. The van der Waals surface area contributed by atoms with E-state index in [1.54, 1.807) is 32.3 Å². The molecule has 3 aromatic carbocycles. The van der Waals surface area contributed by atoms with Crippen LogP contribution in [0.5, 0.6) is 11.5 Å². The van der Waals surface area contributed by atoms with Crippen molar-refractivity contribution in [2.24, 2.45) is 10.9 Å². The number of nitrogens with zero attached hydrogens (tertiary/aromatic N) is 3. The fraction of sp³-hybridized carbons (Fsp3) is 0.343. The van der Waals surface area contributed by atoms with Crippen molar-refractivity contribution in [1.29, 1.82) is 0 Å². The van der Waals surface area contributed by atoms with E-state index >= 15 is 0 Å². The number of carbonyl (C=O) groups excluding carboxylic acids is 1. The molecule has 3 heterocycles. The maximum atomic E-state index is 12.3. The molecule has 0 saturated carbocycles. The molecule has 10 nitrogen and oxygen atoms in total. The summed E-state index contributed by atoms with van der Waals surface area (Å²) >= 11 is 1.64. The number of imidazole rings is 1. The number of fused-ring (bicyclic) bond motifs is 1. The first-order valence-corrected chi connectivity index (χ1v) is 16.3. The summed E-state index contributed by atoms with van der Waals surface area (Å²) in [5.41, 5.74) is 2.69. The zero-order valence-corrected chi connectivity index (χ0v) is 27.2. The van der Waals surface area contributed by atoms with Crippen LogP contribution in [-0.4, -0.2) is 58.7 Å². The molecule has 2 aliphatic heterocycles. The molecule has 3 N–H and O–H groups in total. The van der Waals surface area contributed by atoms with Gasteiger partial charge in [0.2, 0.25) is 11.9 Å². The molecule has 4 aromatic rings. The quantitative estimate of drug-likeness (QED) is 0.204. The van der Waals surface area contributed by atoms with Gasteiger partial charge in [-0.1, -0.05) is 68.4 Å². The van der Waals surface area contributed by atoms with Gasteiger partial charge in [-0.15, -0.1) is 11.8 Å². The predicted molar refractivity (Wildman–Crippen MR) is 178 cm³/mol. The lowest BCUT2D eigenvalue weighted by atomic mass is 9.80. The minimum Gasteiger partial charge on any atom is -0.497 e. The highest BCUT2D eigenvalue weighted by Crippen LogP contribution is 2.47. The van der Waals surface area contributed by atoms with Crippen LogP contribution in [0.2, 0.25) is 0 Å². The first-order chi connectivity index (χ1) is 22.3. The number of aliphatic hydroxyl groups is 1. The summed E-state index contributed by atoms with van der Waals surface area (Å²) in [6.45, 7) is 4.46. The van der Waals surface area contributed by atoms with E-state index in [9.17, 15) is 9.90 Å². The Kier molecular flexibility index (Phi) is 9.34. The third-order valence-corrected chi connectivity index (χ3v) is 9.88. The lowest BCUT2D eigenvalue weighted by molar-refractivity contribution is -0.122. The maximum Gasteiger partial charge on any atom is 0.229 e. The second kappa shape index (κ2) is 13.6. The van der Waals surface area contributed by atoms with Crippen molar-refractivity contribution in [3.8, 4) is 11.5 Å². The number of aromatic nitrogens is 2. The van der Waals surface area contributed by atoms with Crippen molar-refractivity contribution in [2.75, 3.05) is 20.8 Å². The van der Waals surface area contributed by atoms with Gasteiger partial charge in [-0.2, -0.15) is 4.99 Å². The average molecular weight is 642 g/mol. The van der Waals surface area contributed by atoms with E-state index in [0.717, 1.165) is 33.9 Å². The molecule has 11 heteroatoms. The number of hydrogen-bond acceptors (Lipinski definition) is 9. The van der Waals surface area contributed by atoms with Gasteiger partial charge in [0.05, 0.1) is 39.8 Å². The number of rotatable bonds is 10. The van der Waals surface area contributed by atoms with Gasteiger partial charge in [0, 0.05) is 11.2 Å². The van der Waals surface area contributed by atoms with Gasteiger partial charge in [-0.3, -0.25) is 10.1 Å². The van der Waals surface area contributed by atoms with Crippen LogP contribution in [0.3, 0.4) is 0 Å². The summed E-state index contributed by atoms with van der Waals surface area (Å²) in [6, 6.07) is 26.1. The van der Waals surface area contributed by atoms with E-state index < -0.39 is 11.7 Å². The van der Waals surface area contributed by atoms with Crippen molar-refractivity contribution < 1.29 is 24.1 Å². The topological polar surface area (TPSA) is 119 Å². The van der Waals surface area contributed by atoms with E-state index in [-0.39, 0.29) is 22.4 Å². The van der Waals surface area contributed by atoms with E-state index in [1.807, 2.05) is 85.1 Å². The summed E-state index contributed by atoms with van der Waals surface area (Å²) in [6.07, 6.45) is 1.59. The van der Waals surface area contributed by atoms with Crippen LogP contribution in [0.25, 0.3) is 0 Å². The number of aliphatic hydroxyl groups excluding tert-OH is 1. The van der Waals surface area contributed by atoms with Crippen LogP contribution in [-0.2, 0) is 21.7 Å². The Morgan fingerprint density at radius 3 is 2.20 bits per heavy atom. The van der Waals surface area contributed by atoms with Crippen molar-refractivity contribution in [3.05, 3.63) is 108 Å². The van der Waals surface area contributed by atoms with E-state index in [0.29, 0.717) is 31.3 Å². The monoisotopic (exact) mass is 641 g/mol. The highest BCUT2D eigenvalue weighted by molar-refractivity contribution is 8.00. The number of benzene rings is 3. The van der Waals surface area contributed by atoms with Crippen molar-refractivity contribution >= 4 is 29.4 Å². The standard InChI is InChI=1S/C35H39N5O5S/c1-22(2)32(42)39-34-36-19-29-31(38-34)40(21-37-29)33-30(41)18-28(46-33)20-45-35(23-8-6-5-7-9-23,24-10-14-26(43-3)15-11-24)25-12-16-27(44-4)17-13-25/h5-17,21-22,28,30,33,41H,18-20H2,1-4H3,(H2,36,38,39,42)/t28-,30+,33+/m0/s1. The molecule has 1 amide bonds. The van der Waals surface area contributed by atoms with E-state index in [1.165, 1.54) is 0 Å². The summed E-state index contributed by atoms with van der Waals surface area (Å²) in [4.78, 5) is 21.5. The second-order valence-corrected chi connectivity index (χ2v) is 13.1. The SMILES string of the molecule is COc1ccc(C(OC[C@@H]2C[C@@H](O)[C@H](n3cnc4c3N=C(NC(=O)C(C)C)NC4)S2)(c2ccccc2)c2ccc(OC)cc2)cc1. The molecule has 1 fully saturated rings. The lowest BCUT2D eigenvalue weighted by Crippen LogP contribution is -2.43. The third kappa shape index (κ3) is 6.22. The van der Waals surface area contributed by atoms with Gasteiger partial charge >= 0.3 is 0 Å². The second-order valence-electron chi connectivity index (χ2n) is 11.6. The molecule has 1 saturated heterocycles. The number of nitrogens with one attached hydrogen (secondary N) is 2. The number of carbonyl (C=O) groups is 1. The van der Waals surface area contributed by atoms with Crippen LogP contribution in [0.1, 0.15) is 48.0 Å². The van der Waals surface area contributed by atoms with Gasteiger partial charge in [0.1, 0.15) is 28.2 Å². The normalized spacial score (nSPS) is 19.3. The smallest absolute Gasteiger partial charge is 0.229 e. The molecular formula is C35H39N5O5S. The zero-order chi connectivity index (χ0) is 32.3. The number of guanidine groups is 1. The van der Waals surface area contributed by atoms with Crippen LogP contribution in [0.15, 0.2) is 90.2 Å². The summed E-state index contributed by atoms with van der Waals surface area (Å²) in [5.74, 6) is 2.23. The summed E-state index contributed by atoms with van der Waals surface area (Å²) < 4.78 is 20.0. The predicted octanol–water partition coefficient (Wildman–Crippen LogP) is 5.14. The van der Waals surface area contributed by atoms with Gasteiger partial charge < -0.3 is 29.2 Å². The van der Waals surface area contributed by atoms with E-state index in [4.69, 9.17) is 14.2 Å². The molecule has 0 spiro atoms. The first kappa shape index (κ1) is 31.7.